The molecular weight excluding hydrogens is 374 g/mol. The van der Waals surface area contributed by atoms with E-state index in [4.69, 9.17) is 8.92 Å². The fourth-order valence-corrected chi connectivity index (χ4v) is 4.51. The van der Waals surface area contributed by atoms with Crippen molar-refractivity contribution in [3.8, 4) is 5.75 Å². The summed E-state index contributed by atoms with van der Waals surface area (Å²) in [7, 11) is 1.57. The number of benzene rings is 2. The first kappa shape index (κ1) is 22.4. The van der Waals surface area contributed by atoms with E-state index in [0.717, 1.165) is 11.1 Å². The number of aryl methyl sites for hydroxylation is 1. The average Bonchev–Trinajstić information content (AvgIpc) is 2.65. The van der Waals surface area contributed by atoms with Crippen molar-refractivity contribution in [1.29, 1.82) is 0 Å². The molecule has 6 heteroatoms. The van der Waals surface area contributed by atoms with E-state index in [1.54, 1.807) is 31.4 Å². The summed E-state index contributed by atoms with van der Waals surface area (Å²) in [5.41, 5.74) is 0.775. The molecule has 5 nitrogen and oxygen atoms in total. The average molecular weight is 406 g/mol. The summed E-state index contributed by atoms with van der Waals surface area (Å²) in [4.78, 5) is 2.19. The van der Waals surface area contributed by atoms with E-state index in [2.05, 4.69) is 0 Å². The molecule has 2 aromatic carbocycles. The van der Waals surface area contributed by atoms with Gasteiger partial charge in [0.1, 0.15) is 11.4 Å². The molecule has 154 valence electrons. The third-order valence-corrected chi connectivity index (χ3v) is 6.36. The minimum atomic E-state index is -3.95. The normalized spacial score (nSPS) is 14.3. The third kappa shape index (κ3) is 5.13. The number of methoxy groups -OCH3 is 1. The maximum Gasteiger partial charge on any atom is 0.297 e. The van der Waals surface area contributed by atoms with Crippen molar-refractivity contribution in [3.63, 3.8) is 0 Å². The zero-order chi connectivity index (χ0) is 20.9. The van der Waals surface area contributed by atoms with Crippen LogP contribution in [0.4, 0.5) is 0 Å². The Morgan fingerprint density at radius 1 is 1.07 bits per heavy atom. The van der Waals surface area contributed by atoms with Gasteiger partial charge in [0.05, 0.1) is 12.0 Å². The first-order chi connectivity index (χ1) is 13.1. The molecule has 0 heterocycles. The lowest BCUT2D eigenvalue weighted by molar-refractivity contribution is 0.00955. The predicted octanol–water partition coefficient (Wildman–Crippen LogP) is 4.21. The highest BCUT2D eigenvalue weighted by Crippen LogP contribution is 2.41. The van der Waals surface area contributed by atoms with E-state index in [0.29, 0.717) is 18.7 Å². The van der Waals surface area contributed by atoms with Crippen molar-refractivity contribution < 1.29 is 17.3 Å². The quantitative estimate of drug-likeness (QED) is 0.585. The topological polar surface area (TPSA) is 55.8 Å². The second kappa shape index (κ2) is 9.07. The van der Waals surface area contributed by atoms with Crippen molar-refractivity contribution in [1.82, 2.24) is 4.90 Å². The van der Waals surface area contributed by atoms with Crippen LogP contribution in [0.15, 0.2) is 53.4 Å². The SMILES string of the molecule is COc1cccc([C@](CCN(C)C)(OS(=O)(=O)c2ccc(C)cc2)C(C)C)c1. The first-order valence-electron chi connectivity index (χ1n) is 9.42. The fourth-order valence-electron chi connectivity index (χ4n) is 3.18. The Hall–Kier alpha value is -1.89. The van der Waals surface area contributed by atoms with Gasteiger partial charge in [0.2, 0.25) is 0 Å². The zero-order valence-electron chi connectivity index (χ0n) is 17.6. The minimum absolute atomic E-state index is 0.0835. The highest BCUT2D eigenvalue weighted by atomic mass is 32.2. The van der Waals surface area contributed by atoms with Gasteiger partial charge in [-0.2, -0.15) is 8.42 Å². The Labute approximate surface area is 169 Å². The van der Waals surface area contributed by atoms with Crippen molar-refractivity contribution >= 4 is 10.1 Å². The third-order valence-electron chi connectivity index (χ3n) is 4.99. The number of hydrogen-bond acceptors (Lipinski definition) is 5. The lowest BCUT2D eigenvalue weighted by Gasteiger charge is -2.38. The molecule has 0 aliphatic heterocycles. The predicted molar refractivity (Wildman–Crippen MR) is 112 cm³/mol. The maximum absolute atomic E-state index is 13.2. The summed E-state index contributed by atoms with van der Waals surface area (Å²) >= 11 is 0. The van der Waals surface area contributed by atoms with Gasteiger partial charge < -0.3 is 9.64 Å². The molecule has 0 saturated heterocycles. The van der Waals surface area contributed by atoms with Crippen LogP contribution >= 0.6 is 0 Å². The summed E-state index contributed by atoms with van der Waals surface area (Å²) in [6.07, 6.45) is 0.524. The van der Waals surface area contributed by atoms with Crippen LogP contribution in [0, 0.1) is 12.8 Å². The largest absolute Gasteiger partial charge is 0.497 e. The zero-order valence-corrected chi connectivity index (χ0v) is 18.4. The molecule has 0 fully saturated rings. The highest BCUT2D eigenvalue weighted by molar-refractivity contribution is 7.86. The Morgan fingerprint density at radius 2 is 1.71 bits per heavy atom. The van der Waals surface area contributed by atoms with Gasteiger partial charge in [-0.15, -0.1) is 0 Å². The summed E-state index contributed by atoms with van der Waals surface area (Å²) in [6, 6.07) is 14.2. The van der Waals surface area contributed by atoms with Gasteiger partial charge in [0, 0.05) is 6.54 Å². The molecule has 0 saturated carbocycles. The number of nitrogens with zero attached hydrogens (tertiary/aromatic N) is 1. The van der Waals surface area contributed by atoms with Crippen LogP contribution in [0.5, 0.6) is 5.75 Å². The van der Waals surface area contributed by atoms with Gasteiger partial charge in [-0.25, -0.2) is 0 Å². The van der Waals surface area contributed by atoms with Crippen LogP contribution in [0.2, 0.25) is 0 Å². The van der Waals surface area contributed by atoms with E-state index in [1.807, 2.05) is 64.0 Å². The molecule has 0 radical (unpaired) electrons. The van der Waals surface area contributed by atoms with E-state index in [-0.39, 0.29) is 10.8 Å². The van der Waals surface area contributed by atoms with Gasteiger partial charge in [-0.05, 0) is 63.2 Å². The van der Waals surface area contributed by atoms with Crippen LogP contribution in [0.3, 0.4) is 0 Å². The fraction of sp³-hybridized carbons (Fsp3) is 0.455. The molecule has 0 aliphatic carbocycles. The molecule has 0 spiro atoms. The number of rotatable bonds is 9. The second-order valence-corrected chi connectivity index (χ2v) is 9.23. The molecule has 0 aromatic heterocycles. The molecule has 0 unspecified atom stereocenters. The van der Waals surface area contributed by atoms with Gasteiger partial charge >= 0.3 is 0 Å². The summed E-state index contributed by atoms with van der Waals surface area (Å²) in [6.45, 7) is 6.57. The Balaban J connectivity index is 2.56. The maximum atomic E-state index is 13.2. The lowest BCUT2D eigenvalue weighted by Crippen LogP contribution is -2.40. The van der Waals surface area contributed by atoms with Crippen LogP contribution in [0.25, 0.3) is 0 Å². The highest BCUT2D eigenvalue weighted by Gasteiger charge is 2.42. The van der Waals surface area contributed by atoms with Crippen molar-refractivity contribution in [3.05, 3.63) is 59.7 Å². The lowest BCUT2D eigenvalue weighted by atomic mass is 9.80. The molecule has 0 N–H and O–H groups in total. The van der Waals surface area contributed by atoms with E-state index < -0.39 is 15.7 Å². The van der Waals surface area contributed by atoms with Crippen molar-refractivity contribution in [2.45, 2.75) is 37.7 Å². The molecule has 0 bridgehead atoms. The molecule has 0 aliphatic rings. The van der Waals surface area contributed by atoms with E-state index in [9.17, 15) is 8.42 Å². The molecular formula is C22H31NO4S. The van der Waals surface area contributed by atoms with Gasteiger partial charge in [-0.1, -0.05) is 43.7 Å². The van der Waals surface area contributed by atoms with Gasteiger partial charge in [-0.3, -0.25) is 4.18 Å². The van der Waals surface area contributed by atoms with Crippen LogP contribution < -0.4 is 4.74 Å². The number of ether oxygens (including phenoxy) is 1. The number of hydrogen-bond donors (Lipinski definition) is 0. The first-order valence-corrected chi connectivity index (χ1v) is 10.8. The smallest absolute Gasteiger partial charge is 0.297 e. The molecule has 2 aromatic rings. The van der Waals surface area contributed by atoms with Crippen LogP contribution in [-0.2, 0) is 19.9 Å². The molecule has 1 atom stereocenters. The van der Waals surface area contributed by atoms with Crippen molar-refractivity contribution in [2.75, 3.05) is 27.7 Å². The molecule has 0 amide bonds. The van der Waals surface area contributed by atoms with E-state index in [1.165, 1.54) is 0 Å². The molecule has 2 rings (SSSR count). The Morgan fingerprint density at radius 3 is 2.25 bits per heavy atom. The van der Waals surface area contributed by atoms with E-state index >= 15 is 0 Å². The Kier molecular flexibility index (Phi) is 7.26. The van der Waals surface area contributed by atoms with Crippen LogP contribution in [0.1, 0.15) is 31.4 Å². The standard InChI is InChI=1S/C22H31NO4S/c1-17(2)22(14-15-23(4)5,19-8-7-9-20(16-19)26-6)27-28(24,25)21-12-10-18(3)11-13-21/h7-13,16-17H,14-15H2,1-6H3/t22-/m1/s1. The van der Waals surface area contributed by atoms with Crippen LogP contribution in [-0.4, -0.2) is 41.1 Å². The van der Waals surface area contributed by atoms with Gasteiger partial charge in [0.25, 0.3) is 10.1 Å². The Bertz CT molecular complexity index is 876. The molecule has 28 heavy (non-hydrogen) atoms. The second-order valence-electron chi connectivity index (χ2n) is 7.68. The van der Waals surface area contributed by atoms with Crippen molar-refractivity contribution in [2.24, 2.45) is 5.92 Å². The van der Waals surface area contributed by atoms with Gasteiger partial charge in [0.15, 0.2) is 0 Å². The summed E-state index contributed by atoms with van der Waals surface area (Å²) in [5.74, 6) is 0.587. The summed E-state index contributed by atoms with van der Waals surface area (Å²) in [5, 5.41) is 0. The monoisotopic (exact) mass is 405 g/mol. The minimum Gasteiger partial charge on any atom is -0.497 e. The summed E-state index contributed by atoms with van der Waals surface area (Å²) < 4.78 is 37.7.